The minimum atomic E-state index is -0.166. The van der Waals surface area contributed by atoms with Crippen LogP contribution in [0.25, 0.3) is 0 Å². The molecule has 0 N–H and O–H groups in total. The Bertz CT molecular complexity index is 412. The van der Waals surface area contributed by atoms with E-state index in [-0.39, 0.29) is 11.1 Å². The number of pyridine rings is 1. The van der Waals surface area contributed by atoms with Gasteiger partial charge in [-0.2, -0.15) is 5.26 Å². The van der Waals surface area contributed by atoms with Crippen molar-refractivity contribution in [3.63, 3.8) is 0 Å². The molecular weight excluding hydrogens is 176 g/mol. The molecule has 0 spiro atoms. The summed E-state index contributed by atoms with van der Waals surface area (Å²) in [4.78, 5) is 11.7. The molecule has 0 atom stereocenters. The Labute approximate surface area is 83.6 Å². The van der Waals surface area contributed by atoms with E-state index in [1.54, 1.807) is 17.7 Å². The summed E-state index contributed by atoms with van der Waals surface area (Å²) in [5, 5.41) is 8.79. The lowest BCUT2D eigenvalue weighted by atomic mass is 10.2. The maximum absolute atomic E-state index is 11.7. The van der Waals surface area contributed by atoms with E-state index >= 15 is 0 Å². The van der Waals surface area contributed by atoms with Crippen LogP contribution in [0.1, 0.15) is 30.9 Å². The summed E-state index contributed by atoms with van der Waals surface area (Å²) >= 11 is 0. The molecule has 74 valence electrons. The molecular formula is C11H14N2O. The number of hydrogen-bond acceptors (Lipinski definition) is 2. The number of nitriles is 1. The fourth-order valence-electron chi connectivity index (χ4n) is 1.31. The van der Waals surface area contributed by atoms with Crippen LogP contribution < -0.4 is 5.56 Å². The average molecular weight is 190 g/mol. The Kier molecular flexibility index (Phi) is 3.47. The molecule has 0 aliphatic rings. The van der Waals surface area contributed by atoms with Gasteiger partial charge in [0, 0.05) is 12.7 Å². The molecule has 0 radical (unpaired) electrons. The summed E-state index contributed by atoms with van der Waals surface area (Å²) in [6.07, 6.45) is 3.77. The molecule has 0 aliphatic heterocycles. The second-order valence-corrected chi connectivity index (χ2v) is 3.34. The van der Waals surface area contributed by atoms with Crippen molar-refractivity contribution in [3.05, 3.63) is 33.7 Å². The number of aryl methyl sites for hydroxylation is 2. The summed E-state index contributed by atoms with van der Waals surface area (Å²) in [6, 6.07) is 3.76. The van der Waals surface area contributed by atoms with Gasteiger partial charge in [0.15, 0.2) is 0 Å². The molecule has 14 heavy (non-hydrogen) atoms. The average Bonchev–Trinajstić information content (AvgIpc) is 2.18. The Morgan fingerprint density at radius 2 is 2.29 bits per heavy atom. The fraction of sp³-hybridized carbons (Fsp3) is 0.455. The van der Waals surface area contributed by atoms with Gasteiger partial charge in [0.05, 0.1) is 0 Å². The van der Waals surface area contributed by atoms with Crippen molar-refractivity contribution >= 4 is 0 Å². The molecule has 0 aromatic carbocycles. The highest BCUT2D eigenvalue weighted by atomic mass is 16.1. The van der Waals surface area contributed by atoms with Gasteiger partial charge in [0.25, 0.3) is 5.56 Å². The molecule has 1 rings (SSSR count). The van der Waals surface area contributed by atoms with Gasteiger partial charge in [0.1, 0.15) is 11.6 Å². The Morgan fingerprint density at radius 1 is 1.57 bits per heavy atom. The van der Waals surface area contributed by atoms with Crippen LogP contribution in [0.5, 0.6) is 0 Å². The van der Waals surface area contributed by atoms with Crippen molar-refractivity contribution in [2.24, 2.45) is 0 Å². The second-order valence-electron chi connectivity index (χ2n) is 3.34. The standard InChI is InChI=1S/C11H14N2O/c1-3-4-6-13-7-5-9(2)10(8-12)11(13)14/h5,7H,3-4,6H2,1-2H3. The molecule has 0 bridgehead atoms. The summed E-state index contributed by atoms with van der Waals surface area (Å²) in [5.41, 5.74) is 0.856. The van der Waals surface area contributed by atoms with E-state index in [1.165, 1.54) is 0 Å². The van der Waals surface area contributed by atoms with Crippen molar-refractivity contribution in [2.75, 3.05) is 0 Å². The van der Waals surface area contributed by atoms with Gasteiger partial charge in [-0.15, -0.1) is 0 Å². The Hall–Kier alpha value is -1.56. The zero-order chi connectivity index (χ0) is 10.6. The van der Waals surface area contributed by atoms with Crippen LogP contribution in [-0.2, 0) is 6.54 Å². The predicted octanol–water partition coefficient (Wildman–Crippen LogP) is 1.83. The first-order valence-electron chi connectivity index (χ1n) is 4.80. The van der Waals surface area contributed by atoms with Crippen LogP contribution in [0, 0.1) is 18.3 Å². The van der Waals surface area contributed by atoms with Gasteiger partial charge in [-0.25, -0.2) is 0 Å². The lowest BCUT2D eigenvalue weighted by molar-refractivity contribution is 0.611. The second kappa shape index (κ2) is 4.61. The Morgan fingerprint density at radius 3 is 2.86 bits per heavy atom. The van der Waals surface area contributed by atoms with E-state index in [4.69, 9.17) is 5.26 Å². The van der Waals surface area contributed by atoms with E-state index in [2.05, 4.69) is 6.92 Å². The lowest BCUT2D eigenvalue weighted by Crippen LogP contribution is -2.22. The lowest BCUT2D eigenvalue weighted by Gasteiger charge is -2.05. The van der Waals surface area contributed by atoms with Gasteiger partial charge >= 0.3 is 0 Å². The van der Waals surface area contributed by atoms with Crippen LogP contribution in [0.2, 0.25) is 0 Å². The van der Waals surface area contributed by atoms with Crippen LogP contribution >= 0.6 is 0 Å². The van der Waals surface area contributed by atoms with Gasteiger partial charge in [-0.1, -0.05) is 13.3 Å². The van der Waals surface area contributed by atoms with Crippen molar-refractivity contribution < 1.29 is 0 Å². The minimum absolute atomic E-state index is 0.166. The number of nitrogens with zero attached hydrogens (tertiary/aromatic N) is 2. The summed E-state index contributed by atoms with van der Waals surface area (Å²) in [7, 11) is 0. The van der Waals surface area contributed by atoms with Crippen LogP contribution in [0.3, 0.4) is 0 Å². The van der Waals surface area contributed by atoms with Gasteiger partial charge < -0.3 is 4.57 Å². The third kappa shape index (κ3) is 2.02. The molecule has 1 aromatic rings. The molecule has 0 amide bonds. The molecule has 0 saturated carbocycles. The van der Waals surface area contributed by atoms with E-state index in [0.717, 1.165) is 18.4 Å². The van der Waals surface area contributed by atoms with E-state index < -0.39 is 0 Å². The maximum atomic E-state index is 11.7. The van der Waals surface area contributed by atoms with E-state index in [9.17, 15) is 4.79 Å². The number of aromatic nitrogens is 1. The molecule has 0 aliphatic carbocycles. The van der Waals surface area contributed by atoms with Gasteiger partial charge in [-0.05, 0) is 25.0 Å². The smallest absolute Gasteiger partial charge is 0.268 e. The normalized spacial score (nSPS) is 9.79. The van der Waals surface area contributed by atoms with Crippen molar-refractivity contribution in [2.45, 2.75) is 33.2 Å². The summed E-state index contributed by atoms with van der Waals surface area (Å²) < 4.78 is 1.61. The quantitative estimate of drug-likeness (QED) is 0.730. The maximum Gasteiger partial charge on any atom is 0.268 e. The molecule has 1 aromatic heterocycles. The zero-order valence-corrected chi connectivity index (χ0v) is 8.58. The molecule has 0 saturated heterocycles. The molecule has 0 unspecified atom stereocenters. The molecule has 3 nitrogen and oxygen atoms in total. The van der Waals surface area contributed by atoms with Crippen LogP contribution in [0.15, 0.2) is 17.1 Å². The molecule has 3 heteroatoms. The van der Waals surface area contributed by atoms with Crippen molar-refractivity contribution in [1.29, 1.82) is 5.26 Å². The largest absolute Gasteiger partial charge is 0.314 e. The first-order valence-corrected chi connectivity index (χ1v) is 4.80. The third-order valence-electron chi connectivity index (χ3n) is 2.24. The highest BCUT2D eigenvalue weighted by Crippen LogP contribution is 2.00. The highest BCUT2D eigenvalue weighted by Gasteiger charge is 2.05. The summed E-state index contributed by atoms with van der Waals surface area (Å²) in [6.45, 7) is 4.55. The zero-order valence-electron chi connectivity index (χ0n) is 8.58. The number of unbranched alkanes of at least 4 members (excludes halogenated alkanes) is 1. The van der Waals surface area contributed by atoms with Gasteiger partial charge in [-0.3, -0.25) is 4.79 Å². The number of rotatable bonds is 3. The highest BCUT2D eigenvalue weighted by molar-refractivity contribution is 5.33. The molecule has 0 fully saturated rings. The number of hydrogen-bond donors (Lipinski definition) is 0. The first kappa shape index (κ1) is 10.5. The van der Waals surface area contributed by atoms with Gasteiger partial charge in [0.2, 0.25) is 0 Å². The predicted molar refractivity (Wildman–Crippen MR) is 55.1 cm³/mol. The van der Waals surface area contributed by atoms with Crippen molar-refractivity contribution in [3.8, 4) is 6.07 Å². The Balaban J connectivity index is 3.11. The summed E-state index contributed by atoms with van der Waals surface area (Å²) in [5.74, 6) is 0. The monoisotopic (exact) mass is 190 g/mol. The van der Waals surface area contributed by atoms with E-state index in [1.807, 2.05) is 12.1 Å². The minimum Gasteiger partial charge on any atom is -0.314 e. The first-order chi connectivity index (χ1) is 6.70. The topological polar surface area (TPSA) is 45.8 Å². The molecule has 1 heterocycles. The SMILES string of the molecule is CCCCn1ccc(C)c(C#N)c1=O. The third-order valence-corrected chi connectivity index (χ3v) is 2.24. The van der Waals surface area contributed by atoms with Crippen LogP contribution in [-0.4, -0.2) is 4.57 Å². The van der Waals surface area contributed by atoms with E-state index in [0.29, 0.717) is 6.54 Å². The van der Waals surface area contributed by atoms with Crippen molar-refractivity contribution in [1.82, 2.24) is 4.57 Å². The van der Waals surface area contributed by atoms with Crippen LogP contribution in [0.4, 0.5) is 0 Å². The fourth-order valence-corrected chi connectivity index (χ4v) is 1.31.